The predicted molar refractivity (Wildman–Crippen MR) is 91.6 cm³/mol. The van der Waals surface area contributed by atoms with Crippen LogP contribution in [0, 0.1) is 17.8 Å². The summed E-state index contributed by atoms with van der Waals surface area (Å²) in [5.41, 5.74) is -0.735. The monoisotopic (exact) mass is 367 g/mol. The number of piperazine rings is 1. The van der Waals surface area contributed by atoms with Crippen LogP contribution in [0.25, 0.3) is 0 Å². The number of carbonyl (C=O) groups excluding carboxylic acids is 1. The SMILES string of the molecule is O=C(C[C@H]1C[C@@H]2CC[C@@H]1C2)N1CCN(c2ccc(C(F)(F)F)cn2)CC1. The van der Waals surface area contributed by atoms with Crippen LogP contribution in [0.4, 0.5) is 19.0 Å². The highest BCUT2D eigenvalue weighted by molar-refractivity contribution is 5.77. The fourth-order valence-electron chi connectivity index (χ4n) is 4.91. The number of halogens is 3. The van der Waals surface area contributed by atoms with Gasteiger partial charge in [0.05, 0.1) is 5.56 Å². The second-order valence-electron chi connectivity index (χ2n) is 7.91. The molecule has 0 spiro atoms. The summed E-state index contributed by atoms with van der Waals surface area (Å²) in [6.07, 6.45) is 2.33. The standard InChI is InChI=1S/C19H24F3N3O/c20-19(21,22)16-3-4-17(23-12-16)24-5-7-25(8-6-24)18(26)11-15-10-13-1-2-14(15)9-13/h3-4,12-15H,1-2,5-11H2/t13-,14-,15-/m1/s1. The van der Waals surface area contributed by atoms with Crippen molar-refractivity contribution in [1.29, 1.82) is 0 Å². The lowest BCUT2D eigenvalue weighted by molar-refractivity contribution is -0.138. The molecule has 3 fully saturated rings. The molecule has 7 heteroatoms. The minimum Gasteiger partial charge on any atom is -0.353 e. The molecule has 2 saturated carbocycles. The van der Waals surface area contributed by atoms with Crippen LogP contribution in [0.2, 0.25) is 0 Å². The molecule has 1 saturated heterocycles. The zero-order chi connectivity index (χ0) is 18.3. The Bertz CT molecular complexity index is 653. The molecule has 1 amide bonds. The predicted octanol–water partition coefficient (Wildman–Crippen LogP) is 3.58. The van der Waals surface area contributed by atoms with Crippen molar-refractivity contribution < 1.29 is 18.0 Å². The van der Waals surface area contributed by atoms with Crippen LogP contribution in [-0.2, 0) is 11.0 Å². The molecule has 3 aliphatic rings. The Morgan fingerprint density at radius 1 is 1.12 bits per heavy atom. The van der Waals surface area contributed by atoms with Crippen LogP contribution >= 0.6 is 0 Å². The normalized spacial score (nSPS) is 28.7. The lowest BCUT2D eigenvalue weighted by atomic mass is 9.86. The van der Waals surface area contributed by atoms with Crippen LogP contribution < -0.4 is 4.90 Å². The highest BCUT2D eigenvalue weighted by atomic mass is 19.4. The number of hydrogen-bond donors (Lipinski definition) is 0. The molecule has 2 heterocycles. The molecule has 26 heavy (non-hydrogen) atoms. The molecule has 142 valence electrons. The number of amides is 1. The van der Waals surface area contributed by atoms with Gasteiger partial charge in [-0.1, -0.05) is 6.42 Å². The first kappa shape index (κ1) is 17.6. The maximum absolute atomic E-state index is 12.6. The van der Waals surface area contributed by atoms with Crippen LogP contribution in [0.15, 0.2) is 18.3 Å². The molecule has 1 aliphatic heterocycles. The number of carbonyl (C=O) groups is 1. The summed E-state index contributed by atoms with van der Waals surface area (Å²) in [7, 11) is 0. The Kier molecular flexibility index (Phi) is 4.57. The van der Waals surface area contributed by atoms with E-state index >= 15 is 0 Å². The third-order valence-electron chi connectivity index (χ3n) is 6.35. The van der Waals surface area contributed by atoms with Crippen molar-refractivity contribution in [1.82, 2.24) is 9.88 Å². The van der Waals surface area contributed by atoms with Crippen LogP contribution in [0.5, 0.6) is 0 Å². The quantitative estimate of drug-likeness (QED) is 0.819. The van der Waals surface area contributed by atoms with E-state index in [9.17, 15) is 18.0 Å². The Labute approximate surface area is 151 Å². The molecule has 2 bridgehead atoms. The van der Waals surface area contributed by atoms with E-state index in [1.54, 1.807) is 0 Å². The Morgan fingerprint density at radius 3 is 2.42 bits per heavy atom. The van der Waals surface area contributed by atoms with Gasteiger partial charge in [0.15, 0.2) is 0 Å². The van der Waals surface area contributed by atoms with E-state index in [0.29, 0.717) is 44.3 Å². The smallest absolute Gasteiger partial charge is 0.353 e. The number of fused-ring (bicyclic) bond motifs is 2. The molecule has 4 rings (SSSR count). The van der Waals surface area contributed by atoms with Gasteiger partial charge in [-0.15, -0.1) is 0 Å². The van der Waals surface area contributed by atoms with E-state index in [1.807, 2.05) is 9.80 Å². The highest BCUT2D eigenvalue weighted by Gasteiger charge is 2.40. The number of rotatable bonds is 3. The average Bonchev–Trinajstić information content (AvgIpc) is 3.24. The summed E-state index contributed by atoms with van der Waals surface area (Å²) in [4.78, 5) is 20.4. The zero-order valence-electron chi connectivity index (χ0n) is 14.7. The zero-order valence-corrected chi connectivity index (χ0v) is 14.7. The molecule has 0 aromatic carbocycles. The summed E-state index contributed by atoms with van der Waals surface area (Å²) in [6, 6.07) is 2.48. The summed E-state index contributed by atoms with van der Waals surface area (Å²) >= 11 is 0. The fourth-order valence-corrected chi connectivity index (χ4v) is 4.91. The minimum atomic E-state index is -4.36. The summed E-state index contributed by atoms with van der Waals surface area (Å²) in [5, 5.41) is 0. The van der Waals surface area contributed by atoms with Crippen molar-refractivity contribution in [3.05, 3.63) is 23.9 Å². The van der Waals surface area contributed by atoms with Crippen molar-refractivity contribution >= 4 is 11.7 Å². The summed E-state index contributed by atoms with van der Waals surface area (Å²) < 4.78 is 37.9. The topological polar surface area (TPSA) is 36.4 Å². The average molecular weight is 367 g/mol. The van der Waals surface area contributed by atoms with Crippen LogP contribution in [0.3, 0.4) is 0 Å². The molecule has 4 nitrogen and oxygen atoms in total. The molecule has 1 aromatic rings. The molecule has 0 radical (unpaired) electrons. The van der Waals surface area contributed by atoms with Crippen molar-refractivity contribution in [3.8, 4) is 0 Å². The van der Waals surface area contributed by atoms with E-state index < -0.39 is 11.7 Å². The van der Waals surface area contributed by atoms with E-state index in [2.05, 4.69) is 4.98 Å². The van der Waals surface area contributed by atoms with Crippen molar-refractivity contribution in [2.75, 3.05) is 31.1 Å². The molecular weight excluding hydrogens is 343 g/mol. The molecule has 0 N–H and O–H groups in total. The fraction of sp³-hybridized carbons (Fsp3) is 0.684. The van der Waals surface area contributed by atoms with Gasteiger partial charge in [-0.2, -0.15) is 13.2 Å². The number of anilines is 1. The first-order chi connectivity index (χ1) is 12.4. The van der Waals surface area contributed by atoms with E-state index in [0.717, 1.165) is 24.1 Å². The second kappa shape index (κ2) is 6.74. The largest absolute Gasteiger partial charge is 0.417 e. The number of pyridine rings is 1. The molecular formula is C19H24F3N3O. The van der Waals surface area contributed by atoms with Gasteiger partial charge < -0.3 is 9.80 Å². The Hall–Kier alpha value is -1.79. The Balaban J connectivity index is 1.29. The summed E-state index contributed by atoms with van der Waals surface area (Å²) in [6.45, 7) is 2.45. The molecule has 2 aliphatic carbocycles. The van der Waals surface area contributed by atoms with Gasteiger partial charge in [0.1, 0.15) is 5.82 Å². The van der Waals surface area contributed by atoms with Gasteiger partial charge in [-0.3, -0.25) is 4.79 Å². The minimum absolute atomic E-state index is 0.238. The molecule has 3 atom stereocenters. The lowest BCUT2D eigenvalue weighted by Gasteiger charge is -2.36. The van der Waals surface area contributed by atoms with Gasteiger partial charge in [0.25, 0.3) is 0 Å². The van der Waals surface area contributed by atoms with Crippen molar-refractivity contribution in [2.24, 2.45) is 17.8 Å². The van der Waals surface area contributed by atoms with Crippen LogP contribution in [0.1, 0.15) is 37.7 Å². The number of aromatic nitrogens is 1. The van der Waals surface area contributed by atoms with E-state index in [-0.39, 0.29) is 5.91 Å². The van der Waals surface area contributed by atoms with Gasteiger partial charge >= 0.3 is 6.18 Å². The third-order valence-corrected chi connectivity index (χ3v) is 6.35. The maximum atomic E-state index is 12.6. The lowest BCUT2D eigenvalue weighted by Crippen LogP contribution is -2.49. The first-order valence-corrected chi connectivity index (χ1v) is 9.46. The summed E-state index contributed by atoms with van der Waals surface area (Å²) in [5.74, 6) is 2.94. The number of nitrogens with zero attached hydrogens (tertiary/aromatic N) is 3. The number of hydrogen-bond acceptors (Lipinski definition) is 3. The molecule has 1 aromatic heterocycles. The van der Waals surface area contributed by atoms with Crippen molar-refractivity contribution in [2.45, 2.75) is 38.3 Å². The van der Waals surface area contributed by atoms with Gasteiger partial charge in [-0.25, -0.2) is 4.98 Å². The Morgan fingerprint density at radius 2 is 1.88 bits per heavy atom. The van der Waals surface area contributed by atoms with E-state index in [4.69, 9.17) is 0 Å². The maximum Gasteiger partial charge on any atom is 0.417 e. The first-order valence-electron chi connectivity index (χ1n) is 9.46. The van der Waals surface area contributed by atoms with Gasteiger partial charge in [0, 0.05) is 38.8 Å². The molecule has 0 unspecified atom stereocenters. The van der Waals surface area contributed by atoms with E-state index in [1.165, 1.54) is 31.7 Å². The second-order valence-corrected chi connectivity index (χ2v) is 7.91. The van der Waals surface area contributed by atoms with Gasteiger partial charge in [0.2, 0.25) is 5.91 Å². The highest BCUT2D eigenvalue weighted by Crippen LogP contribution is 2.49. The number of alkyl halides is 3. The van der Waals surface area contributed by atoms with Gasteiger partial charge in [-0.05, 0) is 49.1 Å². The van der Waals surface area contributed by atoms with Crippen LogP contribution in [-0.4, -0.2) is 42.0 Å². The van der Waals surface area contributed by atoms with Crippen molar-refractivity contribution in [3.63, 3.8) is 0 Å². The third kappa shape index (κ3) is 3.53.